The molecule has 2 aromatic rings. The lowest BCUT2D eigenvalue weighted by Gasteiger charge is -2.28. The Morgan fingerprint density at radius 2 is 1.69 bits per heavy atom. The summed E-state index contributed by atoms with van der Waals surface area (Å²) < 4.78 is 0. The van der Waals surface area contributed by atoms with E-state index in [1.54, 1.807) is 17.9 Å². The molecule has 0 aliphatic carbocycles. The first-order valence-corrected chi connectivity index (χ1v) is 11.5. The molecule has 0 fully saturated rings. The molecule has 156 valence electrons. The minimum Gasteiger partial charge on any atom is -0.354 e. The van der Waals surface area contributed by atoms with Crippen LogP contribution in [0.2, 0.25) is 10.0 Å². The lowest BCUT2D eigenvalue weighted by Crippen LogP contribution is -2.48. The van der Waals surface area contributed by atoms with E-state index >= 15 is 0 Å². The van der Waals surface area contributed by atoms with Crippen molar-refractivity contribution in [2.45, 2.75) is 38.6 Å². The summed E-state index contributed by atoms with van der Waals surface area (Å²) in [6.07, 6.45) is 0.843. The smallest absolute Gasteiger partial charge is 0.242 e. The SMILES string of the molecule is CCCNC(=O)[C@@H](C)N(Cc1cccc(Cl)c1)C(=O)CSCc1cccc(Cl)c1. The first kappa shape index (κ1) is 23.6. The summed E-state index contributed by atoms with van der Waals surface area (Å²) in [6, 6.07) is 14.4. The van der Waals surface area contributed by atoms with Gasteiger partial charge in [0.05, 0.1) is 5.75 Å². The molecule has 0 saturated carbocycles. The van der Waals surface area contributed by atoms with Crippen LogP contribution in [0.5, 0.6) is 0 Å². The van der Waals surface area contributed by atoms with Gasteiger partial charge in [-0.1, -0.05) is 54.4 Å². The zero-order valence-corrected chi connectivity index (χ0v) is 19.0. The van der Waals surface area contributed by atoms with E-state index in [0.29, 0.717) is 28.9 Å². The number of nitrogens with zero attached hydrogens (tertiary/aromatic N) is 1. The lowest BCUT2D eigenvalue weighted by atomic mass is 10.1. The molecule has 0 saturated heterocycles. The van der Waals surface area contributed by atoms with Gasteiger partial charge in [-0.05, 0) is 48.7 Å². The Kier molecular flexibility index (Phi) is 9.85. The van der Waals surface area contributed by atoms with E-state index < -0.39 is 6.04 Å². The van der Waals surface area contributed by atoms with Gasteiger partial charge in [0.15, 0.2) is 0 Å². The lowest BCUT2D eigenvalue weighted by molar-refractivity contribution is -0.138. The summed E-state index contributed by atoms with van der Waals surface area (Å²) in [5.41, 5.74) is 1.95. The van der Waals surface area contributed by atoms with Crippen LogP contribution in [0.15, 0.2) is 48.5 Å². The minimum atomic E-state index is -0.570. The van der Waals surface area contributed by atoms with Crippen LogP contribution < -0.4 is 5.32 Å². The zero-order chi connectivity index (χ0) is 21.2. The van der Waals surface area contributed by atoms with Crippen molar-refractivity contribution in [3.63, 3.8) is 0 Å². The van der Waals surface area contributed by atoms with E-state index in [9.17, 15) is 9.59 Å². The predicted molar refractivity (Wildman–Crippen MR) is 122 cm³/mol. The second kappa shape index (κ2) is 12.1. The average molecular weight is 453 g/mol. The van der Waals surface area contributed by atoms with Gasteiger partial charge in [0.1, 0.15) is 6.04 Å². The fraction of sp³-hybridized carbons (Fsp3) is 0.364. The Balaban J connectivity index is 2.05. The average Bonchev–Trinajstić information content (AvgIpc) is 2.69. The first-order valence-electron chi connectivity index (χ1n) is 9.54. The molecule has 1 N–H and O–H groups in total. The number of carbonyl (C=O) groups is 2. The van der Waals surface area contributed by atoms with Crippen molar-refractivity contribution in [1.82, 2.24) is 10.2 Å². The molecule has 4 nitrogen and oxygen atoms in total. The van der Waals surface area contributed by atoms with Crippen LogP contribution in [-0.4, -0.2) is 35.1 Å². The molecule has 0 radical (unpaired) electrons. The van der Waals surface area contributed by atoms with Crippen LogP contribution >= 0.6 is 35.0 Å². The summed E-state index contributed by atoms with van der Waals surface area (Å²) >= 11 is 13.6. The molecule has 2 rings (SSSR count). The van der Waals surface area contributed by atoms with Crippen LogP contribution in [0, 0.1) is 0 Å². The van der Waals surface area contributed by atoms with Gasteiger partial charge in [0, 0.05) is 28.9 Å². The summed E-state index contributed by atoms with van der Waals surface area (Å²) in [4.78, 5) is 27.1. The molecule has 0 aliphatic rings. The van der Waals surface area contributed by atoms with Gasteiger partial charge >= 0.3 is 0 Å². The number of benzene rings is 2. The van der Waals surface area contributed by atoms with Crippen LogP contribution in [0.1, 0.15) is 31.4 Å². The summed E-state index contributed by atoms with van der Waals surface area (Å²) in [5, 5.41) is 4.16. The van der Waals surface area contributed by atoms with E-state index in [2.05, 4.69) is 5.32 Å². The summed E-state index contributed by atoms with van der Waals surface area (Å²) in [7, 11) is 0. The molecular formula is C22H26Cl2N2O2S. The first-order chi connectivity index (χ1) is 13.9. The molecule has 0 spiro atoms. The Morgan fingerprint density at radius 3 is 2.31 bits per heavy atom. The topological polar surface area (TPSA) is 49.4 Å². The Bertz CT molecular complexity index is 832. The fourth-order valence-corrected chi connectivity index (χ4v) is 4.06. The molecule has 29 heavy (non-hydrogen) atoms. The predicted octanol–water partition coefficient (Wildman–Crippen LogP) is 5.17. The van der Waals surface area contributed by atoms with Crippen molar-refractivity contribution in [3.8, 4) is 0 Å². The van der Waals surface area contributed by atoms with E-state index in [4.69, 9.17) is 23.2 Å². The van der Waals surface area contributed by atoms with Crippen molar-refractivity contribution < 1.29 is 9.59 Å². The Hall–Kier alpha value is -1.69. The normalized spacial score (nSPS) is 11.7. The van der Waals surface area contributed by atoms with Crippen LogP contribution in [-0.2, 0) is 21.9 Å². The standard InChI is InChI=1S/C22H26Cl2N2O2S/c1-3-10-25-22(28)16(2)26(13-17-6-4-8-19(23)11-17)21(27)15-29-14-18-7-5-9-20(24)12-18/h4-9,11-12,16H,3,10,13-15H2,1-2H3,(H,25,28)/t16-/m1/s1. The van der Waals surface area contributed by atoms with Gasteiger partial charge in [-0.15, -0.1) is 11.8 Å². The molecule has 2 amide bonds. The monoisotopic (exact) mass is 452 g/mol. The number of rotatable bonds is 10. The Morgan fingerprint density at radius 1 is 1.07 bits per heavy atom. The molecule has 2 aromatic carbocycles. The zero-order valence-electron chi connectivity index (χ0n) is 16.7. The maximum atomic E-state index is 13.0. The molecule has 0 aliphatic heterocycles. The number of thioether (sulfide) groups is 1. The highest BCUT2D eigenvalue weighted by molar-refractivity contribution is 7.99. The highest BCUT2D eigenvalue weighted by atomic mass is 35.5. The molecule has 7 heteroatoms. The van der Waals surface area contributed by atoms with Crippen molar-refractivity contribution >= 4 is 46.8 Å². The molecule has 0 heterocycles. The fourth-order valence-electron chi connectivity index (χ4n) is 2.78. The molecule has 0 bridgehead atoms. The third kappa shape index (κ3) is 7.92. The molecular weight excluding hydrogens is 427 g/mol. The number of hydrogen-bond donors (Lipinski definition) is 1. The van der Waals surface area contributed by atoms with E-state index in [1.807, 2.05) is 49.4 Å². The van der Waals surface area contributed by atoms with Gasteiger partial charge in [0.25, 0.3) is 0 Å². The van der Waals surface area contributed by atoms with Gasteiger partial charge in [-0.25, -0.2) is 0 Å². The van der Waals surface area contributed by atoms with Crippen LogP contribution in [0.4, 0.5) is 0 Å². The van der Waals surface area contributed by atoms with Crippen molar-refractivity contribution in [2.75, 3.05) is 12.3 Å². The number of nitrogens with one attached hydrogen (secondary N) is 1. The van der Waals surface area contributed by atoms with Crippen molar-refractivity contribution in [2.24, 2.45) is 0 Å². The quantitative estimate of drug-likeness (QED) is 0.540. The van der Waals surface area contributed by atoms with Gasteiger partial charge in [-0.3, -0.25) is 9.59 Å². The minimum absolute atomic E-state index is 0.0869. The number of amides is 2. The maximum absolute atomic E-state index is 13.0. The number of hydrogen-bond acceptors (Lipinski definition) is 3. The number of halogens is 2. The van der Waals surface area contributed by atoms with E-state index in [1.165, 1.54) is 11.8 Å². The van der Waals surface area contributed by atoms with Crippen LogP contribution in [0.3, 0.4) is 0 Å². The van der Waals surface area contributed by atoms with Crippen LogP contribution in [0.25, 0.3) is 0 Å². The highest BCUT2D eigenvalue weighted by Crippen LogP contribution is 2.19. The molecule has 0 unspecified atom stereocenters. The third-order valence-electron chi connectivity index (χ3n) is 4.34. The van der Waals surface area contributed by atoms with Crippen molar-refractivity contribution in [1.29, 1.82) is 0 Å². The molecule has 0 aromatic heterocycles. The summed E-state index contributed by atoms with van der Waals surface area (Å²) in [5.74, 6) is 0.713. The van der Waals surface area contributed by atoms with E-state index in [0.717, 1.165) is 17.5 Å². The highest BCUT2D eigenvalue weighted by Gasteiger charge is 2.25. The van der Waals surface area contributed by atoms with Crippen molar-refractivity contribution in [3.05, 3.63) is 69.7 Å². The second-order valence-electron chi connectivity index (χ2n) is 6.74. The third-order valence-corrected chi connectivity index (χ3v) is 5.80. The maximum Gasteiger partial charge on any atom is 0.242 e. The molecule has 1 atom stereocenters. The van der Waals surface area contributed by atoms with Gasteiger partial charge < -0.3 is 10.2 Å². The Labute approximate surface area is 187 Å². The van der Waals surface area contributed by atoms with Gasteiger partial charge in [-0.2, -0.15) is 0 Å². The largest absolute Gasteiger partial charge is 0.354 e. The summed E-state index contributed by atoms with van der Waals surface area (Å²) in [6.45, 7) is 4.67. The van der Waals surface area contributed by atoms with E-state index in [-0.39, 0.29) is 17.6 Å². The second-order valence-corrected chi connectivity index (χ2v) is 8.60. The number of carbonyl (C=O) groups excluding carboxylic acids is 2. The van der Waals surface area contributed by atoms with Gasteiger partial charge in [0.2, 0.25) is 11.8 Å².